The molecule has 1 aliphatic carbocycles. The number of carbonyl (C=O) groups excluding carboxylic acids is 1. The van der Waals surface area contributed by atoms with Crippen molar-refractivity contribution < 1.29 is 9.72 Å². The van der Waals surface area contributed by atoms with E-state index in [1.165, 1.54) is 12.1 Å². The first kappa shape index (κ1) is 14.2. The van der Waals surface area contributed by atoms with Crippen LogP contribution in [-0.4, -0.2) is 10.7 Å². The van der Waals surface area contributed by atoms with Crippen molar-refractivity contribution in [2.75, 3.05) is 0 Å². The molecular formula is C18H15NO3. The van der Waals surface area contributed by atoms with Crippen molar-refractivity contribution >= 4 is 23.1 Å². The molecule has 0 spiro atoms. The molecule has 2 aromatic rings. The van der Waals surface area contributed by atoms with Gasteiger partial charge in [-0.3, -0.25) is 14.9 Å². The van der Waals surface area contributed by atoms with Crippen LogP contribution in [0.5, 0.6) is 0 Å². The Kier molecular flexibility index (Phi) is 3.17. The number of nitrogens with zero attached hydrogens (tertiary/aromatic N) is 1. The van der Waals surface area contributed by atoms with E-state index in [4.69, 9.17) is 0 Å². The molecule has 0 aliphatic heterocycles. The predicted molar refractivity (Wildman–Crippen MR) is 85.4 cm³/mol. The highest BCUT2D eigenvalue weighted by molar-refractivity contribution is 6.33. The SMILES string of the molecule is CC1(C)C(=O)/C(=C/c2ccc([N+](=O)[O-])cc2)c2ccccc21. The molecule has 2 aromatic carbocycles. The first-order valence-corrected chi connectivity index (χ1v) is 7.02. The van der Waals surface area contributed by atoms with Gasteiger partial charge in [0.25, 0.3) is 5.69 Å². The van der Waals surface area contributed by atoms with Crippen molar-refractivity contribution in [3.05, 3.63) is 75.3 Å². The van der Waals surface area contributed by atoms with Gasteiger partial charge >= 0.3 is 0 Å². The number of allylic oxidation sites excluding steroid dienone is 1. The van der Waals surface area contributed by atoms with Gasteiger partial charge < -0.3 is 0 Å². The lowest BCUT2D eigenvalue weighted by Gasteiger charge is -2.16. The number of hydrogen-bond donors (Lipinski definition) is 0. The summed E-state index contributed by atoms with van der Waals surface area (Å²) in [4.78, 5) is 22.9. The number of rotatable bonds is 2. The van der Waals surface area contributed by atoms with E-state index in [1.807, 2.05) is 38.1 Å². The number of hydrogen-bond acceptors (Lipinski definition) is 3. The zero-order chi connectivity index (χ0) is 15.9. The zero-order valence-electron chi connectivity index (χ0n) is 12.4. The average Bonchev–Trinajstić information content (AvgIpc) is 2.69. The van der Waals surface area contributed by atoms with E-state index in [2.05, 4.69) is 0 Å². The van der Waals surface area contributed by atoms with Crippen LogP contribution in [0.4, 0.5) is 5.69 Å². The maximum atomic E-state index is 12.7. The molecule has 0 radical (unpaired) electrons. The number of benzene rings is 2. The molecule has 0 fully saturated rings. The van der Waals surface area contributed by atoms with Gasteiger partial charge in [-0.2, -0.15) is 0 Å². The summed E-state index contributed by atoms with van der Waals surface area (Å²) in [6, 6.07) is 14.0. The van der Waals surface area contributed by atoms with Crippen LogP contribution >= 0.6 is 0 Å². The summed E-state index contributed by atoms with van der Waals surface area (Å²) in [5.41, 5.74) is 2.91. The molecule has 22 heavy (non-hydrogen) atoms. The highest BCUT2D eigenvalue weighted by atomic mass is 16.6. The van der Waals surface area contributed by atoms with E-state index >= 15 is 0 Å². The second kappa shape index (κ2) is 4.91. The fourth-order valence-corrected chi connectivity index (χ4v) is 2.85. The van der Waals surface area contributed by atoms with Crippen molar-refractivity contribution in [3.63, 3.8) is 0 Å². The van der Waals surface area contributed by atoms with Gasteiger partial charge in [0, 0.05) is 17.7 Å². The van der Waals surface area contributed by atoms with Crippen molar-refractivity contribution in [1.82, 2.24) is 0 Å². The predicted octanol–water partition coefficient (Wildman–Crippen LogP) is 4.00. The smallest absolute Gasteiger partial charge is 0.269 e. The number of nitro groups is 1. The topological polar surface area (TPSA) is 60.2 Å². The molecule has 3 rings (SSSR count). The van der Waals surface area contributed by atoms with E-state index in [0.29, 0.717) is 5.57 Å². The van der Waals surface area contributed by atoms with Gasteiger partial charge in [-0.25, -0.2) is 0 Å². The van der Waals surface area contributed by atoms with Crippen LogP contribution in [0.3, 0.4) is 0 Å². The second-order valence-corrected chi connectivity index (χ2v) is 5.91. The maximum Gasteiger partial charge on any atom is 0.269 e. The Morgan fingerprint density at radius 3 is 2.32 bits per heavy atom. The van der Waals surface area contributed by atoms with Crippen LogP contribution in [0, 0.1) is 10.1 Å². The van der Waals surface area contributed by atoms with Crippen molar-refractivity contribution in [3.8, 4) is 0 Å². The van der Waals surface area contributed by atoms with E-state index < -0.39 is 10.3 Å². The third-order valence-electron chi connectivity index (χ3n) is 4.12. The first-order valence-electron chi connectivity index (χ1n) is 7.02. The molecule has 4 heteroatoms. The van der Waals surface area contributed by atoms with Crippen LogP contribution in [0.1, 0.15) is 30.5 Å². The minimum atomic E-state index is -0.538. The van der Waals surface area contributed by atoms with Crippen LogP contribution < -0.4 is 0 Å². The van der Waals surface area contributed by atoms with Crippen LogP contribution in [0.2, 0.25) is 0 Å². The third kappa shape index (κ3) is 2.13. The Bertz CT molecular complexity index is 801. The Hall–Kier alpha value is -2.75. The largest absolute Gasteiger partial charge is 0.293 e. The highest BCUT2D eigenvalue weighted by Gasteiger charge is 2.41. The van der Waals surface area contributed by atoms with Gasteiger partial charge in [0.1, 0.15) is 0 Å². The summed E-state index contributed by atoms with van der Waals surface area (Å²) in [5.74, 6) is 0.0760. The van der Waals surface area contributed by atoms with Gasteiger partial charge in [0.15, 0.2) is 5.78 Å². The quantitative estimate of drug-likeness (QED) is 0.478. The molecule has 0 unspecified atom stereocenters. The summed E-state index contributed by atoms with van der Waals surface area (Å²) in [7, 11) is 0. The molecule has 0 N–H and O–H groups in total. The normalized spacial score (nSPS) is 17.5. The van der Waals surface area contributed by atoms with Crippen molar-refractivity contribution in [2.45, 2.75) is 19.3 Å². The molecule has 110 valence electrons. The van der Waals surface area contributed by atoms with Crippen molar-refractivity contribution in [2.24, 2.45) is 0 Å². The molecule has 0 atom stereocenters. The van der Waals surface area contributed by atoms with Crippen molar-refractivity contribution in [1.29, 1.82) is 0 Å². The van der Waals surface area contributed by atoms with Crippen LogP contribution in [0.15, 0.2) is 48.5 Å². The standard InChI is InChI=1S/C18H15NO3/c1-18(2)16-6-4-3-5-14(16)15(17(18)20)11-12-7-9-13(10-8-12)19(21)22/h3-11H,1-2H3/b15-11+. The number of nitro benzene ring substituents is 1. The minimum Gasteiger partial charge on any atom is -0.293 e. The molecule has 0 aromatic heterocycles. The van der Waals surface area contributed by atoms with E-state index in [9.17, 15) is 14.9 Å². The lowest BCUT2D eigenvalue weighted by atomic mass is 9.85. The molecular weight excluding hydrogens is 278 g/mol. The monoisotopic (exact) mass is 293 g/mol. The van der Waals surface area contributed by atoms with Gasteiger partial charge in [-0.05, 0) is 48.7 Å². The maximum absolute atomic E-state index is 12.7. The van der Waals surface area contributed by atoms with Gasteiger partial charge in [-0.15, -0.1) is 0 Å². The molecule has 0 saturated carbocycles. The molecule has 0 bridgehead atoms. The molecule has 1 aliphatic rings. The Morgan fingerprint density at radius 1 is 1.05 bits per heavy atom. The highest BCUT2D eigenvalue weighted by Crippen LogP contribution is 2.42. The fourth-order valence-electron chi connectivity index (χ4n) is 2.85. The van der Waals surface area contributed by atoms with Crippen LogP contribution in [0.25, 0.3) is 11.6 Å². The molecule has 0 saturated heterocycles. The number of fused-ring (bicyclic) bond motifs is 1. The fraction of sp³-hybridized carbons (Fsp3) is 0.167. The summed E-state index contributed by atoms with van der Waals surface area (Å²) in [6.07, 6.45) is 1.81. The number of non-ortho nitro benzene ring substituents is 1. The second-order valence-electron chi connectivity index (χ2n) is 5.91. The number of carbonyl (C=O) groups is 1. The van der Waals surface area contributed by atoms with Crippen LogP contribution in [-0.2, 0) is 10.2 Å². The number of ketones is 1. The van der Waals surface area contributed by atoms with Gasteiger partial charge in [0.05, 0.1) is 10.3 Å². The van der Waals surface area contributed by atoms with E-state index in [1.54, 1.807) is 18.2 Å². The lowest BCUT2D eigenvalue weighted by molar-refractivity contribution is -0.384. The summed E-state index contributed by atoms with van der Waals surface area (Å²) in [5, 5.41) is 10.7. The Balaban J connectivity index is 2.08. The summed E-state index contributed by atoms with van der Waals surface area (Å²) in [6.45, 7) is 3.84. The molecule has 0 amide bonds. The molecule has 0 heterocycles. The first-order chi connectivity index (χ1) is 10.4. The van der Waals surface area contributed by atoms with E-state index in [0.717, 1.165) is 16.7 Å². The van der Waals surface area contributed by atoms with Gasteiger partial charge in [-0.1, -0.05) is 24.3 Å². The average molecular weight is 293 g/mol. The minimum absolute atomic E-state index is 0.0422. The molecule has 4 nitrogen and oxygen atoms in total. The lowest BCUT2D eigenvalue weighted by Crippen LogP contribution is -2.23. The summed E-state index contributed by atoms with van der Waals surface area (Å²) < 4.78 is 0. The Morgan fingerprint density at radius 2 is 1.68 bits per heavy atom. The third-order valence-corrected chi connectivity index (χ3v) is 4.12. The Labute approximate surface area is 128 Å². The zero-order valence-corrected chi connectivity index (χ0v) is 12.4. The van der Waals surface area contributed by atoms with E-state index in [-0.39, 0.29) is 11.5 Å². The summed E-state index contributed by atoms with van der Waals surface area (Å²) >= 11 is 0. The number of Topliss-reactive ketones (excluding diaryl/α,β-unsaturated/α-hetero) is 1. The van der Waals surface area contributed by atoms with Gasteiger partial charge in [0.2, 0.25) is 0 Å².